The van der Waals surface area contributed by atoms with Crippen molar-refractivity contribution in [2.45, 2.75) is 51.9 Å². The van der Waals surface area contributed by atoms with Crippen LogP contribution in [0.5, 0.6) is 0 Å². The molecule has 1 N–H and O–H groups in total. The maximum Gasteiger partial charge on any atom is 0.0431 e. The summed E-state index contributed by atoms with van der Waals surface area (Å²) < 4.78 is 0. The molecule has 0 atom stereocenters. The minimum Gasteiger partial charge on any atom is -0.396 e. The molecule has 0 amide bonds. The molecule has 0 heterocycles. The van der Waals surface area contributed by atoms with Crippen molar-refractivity contribution in [3.8, 4) is 0 Å². The zero-order valence-electron chi connectivity index (χ0n) is 7.60. The molecule has 0 aromatic heterocycles. The fraction of sp³-hybridized carbons (Fsp3) is 1.00. The van der Waals surface area contributed by atoms with E-state index in [1.165, 1.54) is 38.5 Å². The molecular weight excluding hydrogens is 215 g/mol. The van der Waals surface area contributed by atoms with E-state index < -0.39 is 0 Å². The van der Waals surface area contributed by atoms with E-state index in [9.17, 15) is 0 Å². The van der Waals surface area contributed by atoms with Crippen LogP contribution < -0.4 is 0 Å². The topological polar surface area (TPSA) is 20.2 Å². The number of aliphatic hydroxyl groups is 1. The Bertz CT molecular complexity index is 49.5. The molecule has 0 fully saturated rings. The molecule has 0 aliphatic heterocycles. The molecule has 0 rings (SSSR count). The molecule has 0 radical (unpaired) electrons. The molecule has 0 saturated heterocycles. The first kappa shape index (κ1) is 14.4. The third-order valence-corrected chi connectivity index (χ3v) is 1.76. The van der Waals surface area contributed by atoms with Crippen LogP contribution in [0, 0.1) is 0 Å². The zero-order chi connectivity index (χ0) is 7.66. The second-order valence-electron chi connectivity index (χ2n) is 2.84. The van der Waals surface area contributed by atoms with Crippen LogP contribution in [0.2, 0.25) is 0 Å². The quantitative estimate of drug-likeness (QED) is 0.673. The minimum atomic E-state index is 0. The van der Waals surface area contributed by atoms with Gasteiger partial charge in [-0.15, -0.1) is 0 Å². The first-order chi connectivity index (χ1) is 4.91. The van der Waals surface area contributed by atoms with E-state index in [1.54, 1.807) is 0 Å². The summed E-state index contributed by atoms with van der Waals surface area (Å²) in [4.78, 5) is 0. The standard InChI is InChI=1S/C9H20O.Zr/c1-2-3-4-5-6-7-8-9-10;/h10H,2-9H2,1H3;. The van der Waals surface area contributed by atoms with Gasteiger partial charge in [0.25, 0.3) is 0 Å². The Morgan fingerprint density at radius 2 is 1.27 bits per heavy atom. The first-order valence-corrected chi connectivity index (χ1v) is 4.52. The maximum atomic E-state index is 8.47. The van der Waals surface area contributed by atoms with Crippen LogP contribution in [0.15, 0.2) is 0 Å². The van der Waals surface area contributed by atoms with Gasteiger partial charge in [-0.1, -0.05) is 45.4 Å². The fourth-order valence-corrected chi connectivity index (χ4v) is 1.07. The number of aliphatic hydroxyl groups excluding tert-OH is 1. The van der Waals surface area contributed by atoms with Crippen LogP contribution in [0.4, 0.5) is 0 Å². The third-order valence-electron chi connectivity index (χ3n) is 1.76. The molecule has 0 spiro atoms. The van der Waals surface area contributed by atoms with Crippen molar-refractivity contribution in [3.63, 3.8) is 0 Å². The van der Waals surface area contributed by atoms with Crippen LogP contribution in [0.1, 0.15) is 51.9 Å². The first-order valence-electron chi connectivity index (χ1n) is 4.52. The molecule has 0 aromatic rings. The molecule has 0 aromatic carbocycles. The molecule has 11 heavy (non-hydrogen) atoms. The average Bonchev–Trinajstić information content (AvgIpc) is 1.97. The smallest absolute Gasteiger partial charge is 0.0431 e. The van der Waals surface area contributed by atoms with Gasteiger partial charge in [0.2, 0.25) is 0 Å². The van der Waals surface area contributed by atoms with Crippen LogP contribution in [0.25, 0.3) is 0 Å². The largest absolute Gasteiger partial charge is 0.396 e. The molecule has 66 valence electrons. The fourth-order valence-electron chi connectivity index (χ4n) is 1.07. The van der Waals surface area contributed by atoms with Gasteiger partial charge in [0.05, 0.1) is 0 Å². The summed E-state index contributed by atoms with van der Waals surface area (Å²) in [5, 5.41) is 8.47. The van der Waals surface area contributed by atoms with Gasteiger partial charge in [-0.2, -0.15) is 0 Å². The Labute approximate surface area is 89.7 Å². The number of hydrogen-bond donors (Lipinski definition) is 1. The Morgan fingerprint density at radius 3 is 1.73 bits per heavy atom. The molecule has 0 aliphatic carbocycles. The summed E-state index contributed by atoms with van der Waals surface area (Å²) in [6, 6.07) is 0. The van der Waals surface area contributed by atoms with E-state index in [1.807, 2.05) is 0 Å². The van der Waals surface area contributed by atoms with Gasteiger partial charge in [0.1, 0.15) is 0 Å². The Hall–Kier alpha value is 0.843. The summed E-state index contributed by atoms with van der Waals surface area (Å²) in [6.45, 7) is 2.60. The van der Waals surface area contributed by atoms with Gasteiger partial charge in [-0.25, -0.2) is 0 Å². The van der Waals surface area contributed by atoms with Gasteiger partial charge in [0.15, 0.2) is 0 Å². The number of rotatable bonds is 7. The van der Waals surface area contributed by atoms with Crippen molar-refractivity contribution in [1.82, 2.24) is 0 Å². The van der Waals surface area contributed by atoms with E-state index in [4.69, 9.17) is 5.11 Å². The summed E-state index contributed by atoms with van der Waals surface area (Å²) in [5.74, 6) is 0. The van der Waals surface area contributed by atoms with Crippen LogP contribution in [-0.4, -0.2) is 11.7 Å². The summed E-state index contributed by atoms with van der Waals surface area (Å²) in [7, 11) is 0. The molecule has 1 nitrogen and oxygen atoms in total. The van der Waals surface area contributed by atoms with Crippen molar-refractivity contribution >= 4 is 0 Å². The van der Waals surface area contributed by atoms with Gasteiger partial charge in [-0.3, -0.25) is 0 Å². The van der Waals surface area contributed by atoms with Gasteiger partial charge < -0.3 is 5.11 Å². The SMILES string of the molecule is CCCCCCCCCO.[Zr]. The third kappa shape index (κ3) is 13.8. The summed E-state index contributed by atoms with van der Waals surface area (Å²) in [6.07, 6.45) is 8.93. The summed E-state index contributed by atoms with van der Waals surface area (Å²) in [5.41, 5.74) is 0. The predicted octanol–water partition coefficient (Wildman–Crippen LogP) is 2.73. The zero-order valence-corrected chi connectivity index (χ0v) is 10.1. The Balaban J connectivity index is 0. The minimum absolute atomic E-state index is 0. The molecular formula is C9H20OZr. The van der Waals surface area contributed by atoms with E-state index in [0.717, 1.165) is 6.42 Å². The Morgan fingerprint density at radius 1 is 0.818 bits per heavy atom. The Kier molecular flexibility index (Phi) is 17.6. The predicted molar refractivity (Wildman–Crippen MR) is 45.1 cm³/mol. The van der Waals surface area contributed by atoms with Crippen molar-refractivity contribution in [3.05, 3.63) is 0 Å². The van der Waals surface area contributed by atoms with Crippen molar-refractivity contribution in [1.29, 1.82) is 0 Å². The normalized spacial score (nSPS) is 9.27. The molecule has 2 heteroatoms. The monoisotopic (exact) mass is 234 g/mol. The van der Waals surface area contributed by atoms with E-state index in [-0.39, 0.29) is 26.2 Å². The van der Waals surface area contributed by atoms with E-state index in [2.05, 4.69) is 6.92 Å². The molecule has 0 bridgehead atoms. The molecule has 0 saturated carbocycles. The summed E-state index contributed by atoms with van der Waals surface area (Å²) >= 11 is 0. The molecule has 0 aliphatic rings. The number of hydrogen-bond acceptors (Lipinski definition) is 1. The van der Waals surface area contributed by atoms with Gasteiger partial charge >= 0.3 is 0 Å². The number of unbranched alkanes of at least 4 members (excludes halogenated alkanes) is 6. The maximum absolute atomic E-state index is 8.47. The van der Waals surface area contributed by atoms with E-state index >= 15 is 0 Å². The van der Waals surface area contributed by atoms with Gasteiger partial charge in [0, 0.05) is 32.8 Å². The van der Waals surface area contributed by atoms with Crippen molar-refractivity contribution in [2.24, 2.45) is 0 Å². The second-order valence-corrected chi connectivity index (χ2v) is 2.84. The van der Waals surface area contributed by atoms with Crippen LogP contribution >= 0.6 is 0 Å². The van der Waals surface area contributed by atoms with Crippen molar-refractivity contribution < 1.29 is 31.3 Å². The van der Waals surface area contributed by atoms with Gasteiger partial charge in [-0.05, 0) is 6.42 Å². The van der Waals surface area contributed by atoms with E-state index in [0.29, 0.717) is 6.61 Å². The molecule has 0 unspecified atom stereocenters. The average molecular weight is 235 g/mol. The van der Waals surface area contributed by atoms with Crippen molar-refractivity contribution in [2.75, 3.05) is 6.61 Å². The second kappa shape index (κ2) is 13.4. The van der Waals surface area contributed by atoms with Crippen LogP contribution in [0.3, 0.4) is 0 Å². The van der Waals surface area contributed by atoms with Crippen LogP contribution in [-0.2, 0) is 26.2 Å².